The second-order valence-corrected chi connectivity index (χ2v) is 3.58. The summed E-state index contributed by atoms with van der Waals surface area (Å²) in [6.07, 6.45) is -4.44. The Hall–Kier alpha value is -1.61. The molecule has 0 aliphatic heterocycles. The first-order valence-corrected chi connectivity index (χ1v) is 4.79. The van der Waals surface area contributed by atoms with E-state index in [1.807, 2.05) is 5.32 Å². The summed E-state index contributed by atoms with van der Waals surface area (Å²) in [6, 6.07) is 4.27. The van der Waals surface area contributed by atoms with Crippen LogP contribution in [0, 0.1) is 24.1 Å². The molecule has 0 aliphatic carbocycles. The van der Waals surface area contributed by atoms with Gasteiger partial charge in [0.05, 0.1) is 12.6 Å². The third kappa shape index (κ3) is 4.04. The van der Waals surface area contributed by atoms with Gasteiger partial charge < -0.3 is 0 Å². The first kappa shape index (κ1) is 13.5. The molecule has 1 rings (SSSR count). The summed E-state index contributed by atoms with van der Waals surface area (Å²) in [5.74, 6) is -0.697. The number of hydrogen-bond donors (Lipinski definition) is 1. The molecule has 0 fully saturated rings. The van der Waals surface area contributed by atoms with Crippen LogP contribution in [0.1, 0.15) is 17.2 Å². The van der Waals surface area contributed by atoms with Crippen molar-refractivity contribution in [2.24, 2.45) is 0 Å². The Morgan fingerprint density at radius 2 is 2.06 bits per heavy atom. The second-order valence-electron chi connectivity index (χ2n) is 3.58. The summed E-state index contributed by atoms with van der Waals surface area (Å²) in [5.41, 5.74) is 0.604. The molecule has 0 bridgehead atoms. The predicted molar refractivity (Wildman–Crippen MR) is 53.5 cm³/mol. The molecule has 2 nitrogen and oxygen atoms in total. The van der Waals surface area contributed by atoms with Crippen molar-refractivity contribution in [3.8, 4) is 6.07 Å². The Balaban J connectivity index is 2.88. The molecule has 0 heterocycles. The molecule has 0 spiro atoms. The highest BCUT2D eigenvalue weighted by atomic mass is 19.4. The van der Waals surface area contributed by atoms with Gasteiger partial charge in [0.2, 0.25) is 0 Å². The van der Waals surface area contributed by atoms with Gasteiger partial charge in [0.25, 0.3) is 0 Å². The van der Waals surface area contributed by atoms with Gasteiger partial charge in [0.15, 0.2) is 0 Å². The molecule has 1 unspecified atom stereocenters. The van der Waals surface area contributed by atoms with Crippen LogP contribution in [0.15, 0.2) is 18.2 Å². The molecule has 17 heavy (non-hydrogen) atoms. The van der Waals surface area contributed by atoms with Gasteiger partial charge in [-0.3, -0.25) is 5.32 Å². The summed E-state index contributed by atoms with van der Waals surface area (Å²) in [6.45, 7) is 0.333. The Morgan fingerprint density at radius 3 is 2.59 bits per heavy atom. The van der Waals surface area contributed by atoms with Crippen molar-refractivity contribution in [2.75, 3.05) is 6.54 Å². The SMILES string of the molecule is Cc1ccc(F)c(C(C#N)NCC(F)(F)F)c1. The van der Waals surface area contributed by atoms with Gasteiger partial charge in [0, 0.05) is 5.56 Å². The zero-order valence-corrected chi connectivity index (χ0v) is 8.98. The topological polar surface area (TPSA) is 35.8 Å². The molecule has 1 N–H and O–H groups in total. The van der Waals surface area contributed by atoms with Crippen LogP contribution in [-0.2, 0) is 0 Å². The van der Waals surface area contributed by atoms with E-state index in [1.54, 1.807) is 13.0 Å². The van der Waals surface area contributed by atoms with E-state index in [9.17, 15) is 17.6 Å². The number of alkyl halides is 3. The maximum absolute atomic E-state index is 13.4. The number of halogens is 4. The second kappa shape index (κ2) is 5.15. The number of nitriles is 1. The van der Waals surface area contributed by atoms with Crippen LogP contribution in [0.3, 0.4) is 0 Å². The van der Waals surface area contributed by atoms with E-state index in [0.29, 0.717) is 5.56 Å². The molecule has 0 saturated heterocycles. The summed E-state index contributed by atoms with van der Waals surface area (Å²) < 4.78 is 49.3. The van der Waals surface area contributed by atoms with E-state index in [-0.39, 0.29) is 5.56 Å². The van der Waals surface area contributed by atoms with Gasteiger partial charge in [-0.15, -0.1) is 0 Å². The highest BCUT2D eigenvalue weighted by Crippen LogP contribution is 2.20. The molecule has 6 heteroatoms. The van der Waals surface area contributed by atoms with Gasteiger partial charge in [0.1, 0.15) is 11.9 Å². The third-order valence-electron chi connectivity index (χ3n) is 2.10. The maximum Gasteiger partial charge on any atom is 0.401 e. The molecule has 0 amide bonds. The molecule has 0 radical (unpaired) electrons. The maximum atomic E-state index is 13.4. The molecule has 1 aromatic carbocycles. The van der Waals surface area contributed by atoms with Crippen molar-refractivity contribution in [3.05, 3.63) is 35.1 Å². The van der Waals surface area contributed by atoms with Crippen LogP contribution in [0.5, 0.6) is 0 Å². The first-order chi connectivity index (χ1) is 7.83. The number of hydrogen-bond acceptors (Lipinski definition) is 2. The predicted octanol–water partition coefficient (Wildman–Crippen LogP) is 2.85. The van der Waals surface area contributed by atoms with Crippen molar-refractivity contribution in [3.63, 3.8) is 0 Å². The lowest BCUT2D eigenvalue weighted by Gasteiger charge is -2.14. The lowest BCUT2D eigenvalue weighted by Crippen LogP contribution is -2.31. The first-order valence-electron chi connectivity index (χ1n) is 4.79. The lowest BCUT2D eigenvalue weighted by atomic mass is 10.0. The van der Waals surface area contributed by atoms with Gasteiger partial charge in [-0.05, 0) is 13.0 Å². The van der Waals surface area contributed by atoms with Gasteiger partial charge in [-0.25, -0.2) is 4.39 Å². The van der Waals surface area contributed by atoms with Crippen LogP contribution in [0.25, 0.3) is 0 Å². The monoisotopic (exact) mass is 246 g/mol. The number of rotatable bonds is 3. The summed E-state index contributed by atoms with van der Waals surface area (Å²) in [4.78, 5) is 0. The third-order valence-corrected chi connectivity index (χ3v) is 2.10. The minimum Gasteiger partial charge on any atom is -0.290 e. The molecular weight excluding hydrogens is 236 g/mol. The summed E-state index contributed by atoms with van der Waals surface area (Å²) in [7, 11) is 0. The van der Waals surface area contributed by atoms with Crippen molar-refractivity contribution < 1.29 is 17.6 Å². The largest absolute Gasteiger partial charge is 0.401 e. The van der Waals surface area contributed by atoms with Crippen LogP contribution < -0.4 is 5.32 Å². The normalized spacial score (nSPS) is 13.2. The average Bonchev–Trinajstić information content (AvgIpc) is 2.22. The van der Waals surface area contributed by atoms with Crippen molar-refractivity contribution in [1.29, 1.82) is 5.26 Å². The Kier molecular flexibility index (Phi) is 4.07. The molecule has 1 atom stereocenters. The van der Waals surface area contributed by atoms with Crippen LogP contribution >= 0.6 is 0 Å². The smallest absolute Gasteiger partial charge is 0.290 e. The van der Waals surface area contributed by atoms with Crippen LogP contribution in [0.4, 0.5) is 17.6 Å². The van der Waals surface area contributed by atoms with Gasteiger partial charge in [-0.2, -0.15) is 18.4 Å². The van der Waals surface area contributed by atoms with E-state index in [2.05, 4.69) is 0 Å². The zero-order valence-electron chi connectivity index (χ0n) is 8.98. The highest BCUT2D eigenvalue weighted by molar-refractivity contribution is 5.30. The minimum atomic E-state index is -4.44. The van der Waals surface area contributed by atoms with Gasteiger partial charge in [-0.1, -0.05) is 17.7 Å². The fraction of sp³-hybridized carbons (Fsp3) is 0.364. The molecule has 0 aliphatic rings. The lowest BCUT2D eigenvalue weighted by molar-refractivity contribution is -0.125. The Labute approximate surface area is 95.9 Å². The fourth-order valence-corrected chi connectivity index (χ4v) is 1.33. The summed E-state index contributed by atoms with van der Waals surface area (Å²) >= 11 is 0. The zero-order chi connectivity index (χ0) is 13.1. The molecule has 0 saturated carbocycles. The van der Waals surface area contributed by atoms with Gasteiger partial charge >= 0.3 is 6.18 Å². The standard InChI is InChI=1S/C11H10F4N2/c1-7-2-3-9(12)8(4-7)10(5-16)17-6-11(13,14)15/h2-4,10,17H,6H2,1H3. The van der Waals surface area contributed by atoms with E-state index in [1.165, 1.54) is 12.1 Å². The molecule has 92 valence electrons. The van der Waals surface area contributed by atoms with E-state index in [0.717, 1.165) is 6.07 Å². The molecule has 0 aromatic heterocycles. The van der Waals surface area contributed by atoms with Crippen molar-refractivity contribution >= 4 is 0 Å². The fourth-order valence-electron chi connectivity index (χ4n) is 1.33. The highest BCUT2D eigenvalue weighted by Gasteiger charge is 2.29. The Morgan fingerprint density at radius 1 is 1.41 bits per heavy atom. The number of nitrogens with one attached hydrogen (secondary N) is 1. The number of nitrogens with zero attached hydrogens (tertiary/aromatic N) is 1. The van der Waals surface area contributed by atoms with E-state index < -0.39 is 24.6 Å². The van der Waals surface area contributed by atoms with Crippen LogP contribution in [-0.4, -0.2) is 12.7 Å². The van der Waals surface area contributed by atoms with E-state index in [4.69, 9.17) is 5.26 Å². The number of aryl methyl sites for hydroxylation is 1. The molecule has 1 aromatic rings. The minimum absolute atomic E-state index is 0.0725. The number of benzene rings is 1. The quantitative estimate of drug-likeness (QED) is 0.832. The van der Waals surface area contributed by atoms with E-state index >= 15 is 0 Å². The van der Waals surface area contributed by atoms with Crippen LogP contribution in [0.2, 0.25) is 0 Å². The molecular formula is C11H10F4N2. The summed E-state index contributed by atoms with van der Waals surface area (Å²) in [5, 5.41) is 10.7. The Bertz CT molecular complexity index is 434. The van der Waals surface area contributed by atoms with Crippen molar-refractivity contribution in [1.82, 2.24) is 5.32 Å². The van der Waals surface area contributed by atoms with Crippen molar-refractivity contribution in [2.45, 2.75) is 19.1 Å². The average molecular weight is 246 g/mol.